The first-order valence-electron chi connectivity index (χ1n) is 6.31. The molecule has 0 aromatic rings. The normalized spacial score (nSPS) is 31.1. The molecule has 16 heavy (non-hydrogen) atoms. The maximum absolute atomic E-state index is 9.22. The second-order valence-electron chi connectivity index (χ2n) is 4.80. The van der Waals surface area contributed by atoms with Crippen molar-refractivity contribution in [1.82, 2.24) is 15.5 Å². The molecular formula is C10H22BN3O2. The maximum Gasteiger partial charge on any atom is 0.469 e. The standard InChI is InChI=1S/C10H22BN3O2/c15-11(16)10-2-1-6-14(10)7-5-13-9-3-4-12-8-9/h9-10,12-13,15-16H,1-8H2/t9-,10+/m1/s1. The molecule has 0 bridgehead atoms. The molecule has 4 N–H and O–H groups in total. The number of rotatable bonds is 5. The molecule has 2 aliphatic rings. The zero-order chi connectivity index (χ0) is 11.4. The Balaban J connectivity index is 1.64. The first kappa shape index (κ1) is 12.3. The van der Waals surface area contributed by atoms with Gasteiger partial charge in [-0.3, -0.25) is 0 Å². The molecule has 0 spiro atoms. The lowest BCUT2D eigenvalue weighted by Gasteiger charge is -2.24. The van der Waals surface area contributed by atoms with Crippen LogP contribution in [-0.2, 0) is 0 Å². The minimum atomic E-state index is -1.18. The van der Waals surface area contributed by atoms with E-state index in [0.29, 0.717) is 6.04 Å². The van der Waals surface area contributed by atoms with Gasteiger partial charge < -0.3 is 25.6 Å². The van der Waals surface area contributed by atoms with Crippen LogP contribution < -0.4 is 10.6 Å². The van der Waals surface area contributed by atoms with Crippen molar-refractivity contribution >= 4 is 7.12 Å². The summed E-state index contributed by atoms with van der Waals surface area (Å²) in [5.74, 6) is -0.0523. The summed E-state index contributed by atoms with van der Waals surface area (Å²) in [4.78, 5) is 2.18. The molecule has 0 unspecified atom stereocenters. The molecule has 2 heterocycles. The van der Waals surface area contributed by atoms with E-state index in [1.807, 2.05) is 0 Å². The van der Waals surface area contributed by atoms with Gasteiger partial charge in [0.2, 0.25) is 0 Å². The topological polar surface area (TPSA) is 67.8 Å². The van der Waals surface area contributed by atoms with Gasteiger partial charge in [-0.25, -0.2) is 0 Å². The summed E-state index contributed by atoms with van der Waals surface area (Å²) in [6.07, 6.45) is 3.18. The van der Waals surface area contributed by atoms with Gasteiger partial charge in [-0.2, -0.15) is 0 Å². The Morgan fingerprint density at radius 3 is 2.94 bits per heavy atom. The predicted octanol–water partition coefficient (Wildman–Crippen LogP) is -1.59. The molecule has 6 heteroatoms. The van der Waals surface area contributed by atoms with E-state index in [-0.39, 0.29) is 5.94 Å². The van der Waals surface area contributed by atoms with Gasteiger partial charge in [0.05, 0.1) is 0 Å². The van der Waals surface area contributed by atoms with E-state index in [1.54, 1.807) is 0 Å². The van der Waals surface area contributed by atoms with Crippen LogP contribution in [0.4, 0.5) is 0 Å². The summed E-state index contributed by atoms with van der Waals surface area (Å²) in [5.41, 5.74) is 0. The molecular weight excluding hydrogens is 205 g/mol. The first-order valence-corrected chi connectivity index (χ1v) is 6.31. The highest BCUT2D eigenvalue weighted by Gasteiger charge is 2.33. The SMILES string of the molecule is OB(O)[C@@H]1CCCN1CCN[C@@H]1CCNC1. The molecule has 2 aliphatic heterocycles. The zero-order valence-corrected chi connectivity index (χ0v) is 9.73. The number of nitrogens with zero attached hydrogens (tertiary/aromatic N) is 1. The largest absolute Gasteiger partial charge is 0.469 e. The molecule has 2 saturated heterocycles. The average molecular weight is 227 g/mol. The van der Waals surface area contributed by atoms with Gasteiger partial charge in [0.15, 0.2) is 0 Å². The van der Waals surface area contributed by atoms with Gasteiger partial charge in [0, 0.05) is 31.6 Å². The summed E-state index contributed by atoms with van der Waals surface area (Å²) in [7, 11) is -1.18. The van der Waals surface area contributed by atoms with Crippen molar-refractivity contribution < 1.29 is 10.0 Å². The number of hydrogen-bond donors (Lipinski definition) is 4. The summed E-state index contributed by atoms with van der Waals surface area (Å²) in [6, 6.07) is 0.597. The summed E-state index contributed by atoms with van der Waals surface area (Å²) in [5, 5.41) is 25.3. The van der Waals surface area contributed by atoms with Crippen LogP contribution in [0.3, 0.4) is 0 Å². The second kappa shape index (κ2) is 5.98. The third kappa shape index (κ3) is 3.18. The molecule has 0 aromatic carbocycles. The van der Waals surface area contributed by atoms with Gasteiger partial charge >= 0.3 is 7.12 Å². The molecule has 0 amide bonds. The van der Waals surface area contributed by atoms with Crippen LogP contribution in [-0.4, -0.2) is 66.8 Å². The predicted molar refractivity (Wildman–Crippen MR) is 64.1 cm³/mol. The van der Waals surface area contributed by atoms with Crippen molar-refractivity contribution in [3.05, 3.63) is 0 Å². The number of nitrogens with one attached hydrogen (secondary N) is 2. The minimum Gasteiger partial charge on any atom is -0.426 e. The van der Waals surface area contributed by atoms with Crippen molar-refractivity contribution in [3.63, 3.8) is 0 Å². The fourth-order valence-electron chi connectivity index (χ4n) is 2.71. The quantitative estimate of drug-likeness (QED) is 0.427. The maximum atomic E-state index is 9.22. The third-order valence-corrected chi connectivity index (χ3v) is 3.65. The number of hydrogen-bond acceptors (Lipinski definition) is 5. The Bertz CT molecular complexity index is 212. The van der Waals surface area contributed by atoms with Crippen molar-refractivity contribution in [1.29, 1.82) is 0 Å². The lowest BCUT2D eigenvalue weighted by atomic mass is 9.78. The van der Waals surface area contributed by atoms with Gasteiger partial charge in [0.25, 0.3) is 0 Å². The molecule has 2 rings (SSSR count). The van der Waals surface area contributed by atoms with Crippen LogP contribution in [0.15, 0.2) is 0 Å². The van der Waals surface area contributed by atoms with Gasteiger partial charge in [0.1, 0.15) is 0 Å². The van der Waals surface area contributed by atoms with E-state index >= 15 is 0 Å². The summed E-state index contributed by atoms with van der Waals surface area (Å²) < 4.78 is 0. The summed E-state index contributed by atoms with van der Waals surface area (Å²) >= 11 is 0. The van der Waals surface area contributed by atoms with E-state index in [4.69, 9.17) is 0 Å². The molecule has 0 aromatic heterocycles. The Kier molecular flexibility index (Phi) is 4.60. The van der Waals surface area contributed by atoms with E-state index in [9.17, 15) is 10.0 Å². The highest BCUT2D eigenvalue weighted by atomic mass is 16.4. The van der Waals surface area contributed by atoms with Crippen LogP contribution in [0, 0.1) is 0 Å². The fraction of sp³-hybridized carbons (Fsp3) is 1.00. The monoisotopic (exact) mass is 227 g/mol. The first-order chi connectivity index (χ1) is 7.77. The van der Waals surface area contributed by atoms with E-state index in [0.717, 1.165) is 45.6 Å². The Morgan fingerprint density at radius 1 is 1.38 bits per heavy atom. The molecule has 0 radical (unpaired) electrons. The lowest BCUT2D eigenvalue weighted by Crippen LogP contribution is -2.46. The van der Waals surface area contributed by atoms with Crippen molar-refractivity contribution in [2.24, 2.45) is 0 Å². The fourth-order valence-corrected chi connectivity index (χ4v) is 2.71. The van der Waals surface area contributed by atoms with E-state index < -0.39 is 7.12 Å². The van der Waals surface area contributed by atoms with Gasteiger partial charge in [-0.05, 0) is 32.4 Å². The molecule has 5 nitrogen and oxygen atoms in total. The van der Waals surface area contributed by atoms with E-state index in [2.05, 4.69) is 15.5 Å². The second-order valence-corrected chi connectivity index (χ2v) is 4.80. The molecule has 92 valence electrons. The van der Waals surface area contributed by atoms with Crippen LogP contribution >= 0.6 is 0 Å². The van der Waals surface area contributed by atoms with Gasteiger partial charge in [-0.1, -0.05) is 0 Å². The Hall–Kier alpha value is -0.135. The number of likely N-dealkylation sites (tertiary alicyclic amines) is 1. The molecule has 2 atom stereocenters. The van der Waals surface area contributed by atoms with Crippen molar-refractivity contribution in [2.75, 3.05) is 32.7 Å². The minimum absolute atomic E-state index is 0.0523. The smallest absolute Gasteiger partial charge is 0.426 e. The van der Waals surface area contributed by atoms with Crippen molar-refractivity contribution in [2.45, 2.75) is 31.2 Å². The van der Waals surface area contributed by atoms with Crippen LogP contribution in [0.2, 0.25) is 0 Å². The molecule has 0 aliphatic carbocycles. The van der Waals surface area contributed by atoms with Crippen molar-refractivity contribution in [3.8, 4) is 0 Å². The van der Waals surface area contributed by atoms with E-state index in [1.165, 1.54) is 6.42 Å². The highest BCUT2D eigenvalue weighted by Crippen LogP contribution is 2.16. The molecule has 2 fully saturated rings. The lowest BCUT2D eigenvalue weighted by molar-refractivity contribution is 0.255. The van der Waals surface area contributed by atoms with Crippen LogP contribution in [0.25, 0.3) is 0 Å². The highest BCUT2D eigenvalue weighted by molar-refractivity contribution is 6.43. The van der Waals surface area contributed by atoms with Gasteiger partial charge in [-0.15, -0.1) is 0 Å². The third-order valence-electron chi connectivity index (χ3n) is 3.65. The average Bonchev–Trinajstić information content (AvgIpc) is 2.87. The van der Waals surface area contributed by atoms with Crippen LogP contribution in [0.1, 0.15) is 19.3 Å². The van der Waals surface area contributed by atoms with Crippen LogP contribution in [0.5, 0.6) is 0 Å². The Labute approximate surface area is 97.4 Å². The summed E-state index contributed by atoms with van der Waals surface area (Å²) in [6.45, 7) is 5.02. The zero-order valence-electron chi connectivity index (χ0n) is 9.73. The Morgan fingerprint density at radius 2 is 2.25 bits per heavy atom. The molecule has 0 saturated carbocycles.